The zero-order valence-corrected chi connectivity index (χ0v) is 10.1. The molecule has 0 radical (unpaired) electrons. The van der Waals surface area contributed by atoms with Crippen molar-refractivity contribution < 1.29 is 0 Å². The minimum absolute atomic E-state index is 0.837. The highest BCUT2D eigenvalue weighted by atomic mass is 33.1. The Hall–Kier alpha value is 0.440. The van der Waals surface area contributed by atoms with Crippen LogP contribution in [0.4, 0.5) is 0 Å². The van der Waals surface area contributed by atoms with Gasteiger partial charge in [-0.2, -0.15) is 0 Å². The molecule has 0 aromatic rings. The molecule has 2 unspecified atom stereocenters. The van der Waals surface area contributed by atoms with E-state index in [1.807, 2.05) is 10.8 Å². The van der Waals surface area contributed by atoms with E-state index in [0.717, 1.165) is 17.1 Å². The van der Waals surface area contributed by atoms with Gasteiger partial charge in [-0.25, -0.2) is 0 Å². The fourth-order valence-electron chi connectivity index (χ4n) is 2.38. The van der Waals surface area contributed by atoms with E-state index < -0.39 is 0 Å². The highest BCUT2D eigenvalue weighted by Gasteiger charge is 2.32. The predicted octanol–water partition coefficient (Wildman–Crippen LogP) is 4.48. The topological polar surface area (TPSA) is 0 Å². The molecule has 1 aliphatic carbocycles. The molecule has 0 saturated heterocycles. The summed E-state index contributed by atoms with van der Waals surface area (Å²) >= 11 is 0. The van der Waals surface area contributed by atoms with E-state index in [1.54, 1.807) is 5.57 Å². The molecular weight excluding hydrogens is 196 g/mol. The van der Waals surface area contributed by atoms with Gasteiger partial charge < -0.3 is 0 Å². The Labute approximate surface area is 89.3 Å². The molecule has 13 heavy (non-hydrogen) atoms. The Kier molecular flexibility index (Phi) is 3.31. The number of hydrogen-bond acceptors (Lipinski definition) is 2. The maximum Gasteiger partial charge on any atom is 0.0243 e. The van der Waals surface area contributed by atoms with Crippen LogP contribution in [0.3, 0.4) is 0 Å². The molecule has 0 nitrogen and oxygen atoms in total. The smallest absolute Gasteiger partial charge is 0.0243 e. The lowest BCUT2D eigenvalue weighted by atomic mass is 9.80. The van der Waals surface area contributed by atoms with Crippen LogP contribution in [0, 0.1) is 11.8 Å². The van der Waals surface area contributed by atoms with Gasteiger partial charge >= 0.3 is 0 Å². The molecule has 0 spiro atoms. The molecule has 2 aliphatic rings. The molecule has 1 saturated carbocycles. The van der Waals surface area contributed by atoms with Gasteiger partial charge in [0, 0.05) is 5.25 Å². The van der Waals surface area contributed by atoms with E-state index in [1.165, 1.54) is 25.7 Å². The fourth-order valence-corrected chi connectivity index (χ4v) is 5.64. The molecule has 1 aliphatic heterocycles. The molecule has 0 aromatic heterocycles. The van der Waals surface area contributed by atoms with Gasteiger partial charge in [0.2, 0.25) is 0 Å². The average Bonchev–Trinajstić information content (AvgIpc) is 2.17. The third-order valence-corrected chi connectivity index (χ3v) is 6.02. The Bertz CT molecular complexity index is 208. The Morgan fingerprint density at radius 3 is 3.00 bits per heavy atom. The minimum atomic E-state index is 0.837. The molecule has 0 amide bonds. The second-order valence-corrected chi connectivity index (χ2v) is 6.77. The van der Waals surface area contributed by atoms with Crippen molar-refractivity contribution in [2.75, 3.05) is 0 Å². The number of allylic oxidation sites excluding steroid dienone is 1. The predicted molar refractivity (Wildman–Crippen MR) is 63.8 cm³/mol. The summed E-state index contributed by atoms with van der Waals surface area (Å²) in [6.07, 6.45) is 5.71. The van der Waals surface area contributed by atoms with Gasteiger partial charge in [-0.05, 0) is 36.5 Å². The molecule has 2 atom stereocenters. The van der Waals surface area contributed by atoms with Crippen LogP contribution >= 0.6 is 21.6 Å². The molecule has 0 bridgehead atoms. The highest BCUT2D eigenvalue weighted by molar-refractivity contribution is 8.78. The highest BCUT2D eigenvalue weighted by Crippen LogP contribution is 2.49. The fraction of sp³-hybridized carbons (Fsp3) is 0.818. The van der Waals surface area contributed by atoms with Crippen molar-refractivity contribution in [2.45, 2.75) is 44.8 Å². The van der Waals surface area contributed by atoms with Crippen molar-refractivity contribution in [3.8, 4) is 0 Å². The van der Waals surface area contributed by atoms with Crippen LogP contribution in [0.1, 0.15) is 39.5 Å². The largest absolute Gasteiger partial charge is 0.0852 e. The van der Waals surface area contributed by atoms with Crippen LogP contribution in [0.5, 0.6) is 0 Å². The zero-order valence-electron chi connectivity index (χ0n) is 8.45. The van der Waals surface area contributed by atoms with Crippen molar-refractivity contribution >= 4 is 21.6 Å². The van der Waals surface area contributed by atoms with E-state index >= 15 is 0 Å². The first-order valence-electron chi connectivity index (χ1n) is 5.30. The van der Waals surface area contributed by atoms with Crippen molar-refractivity contribution in [2.24, 2.45) is 11.8 Å². The Morgan fingerprint density at radius 2 is 2.23 bits per heavy atom. The zero-order chi connectivity index (χ0) is 9.26. The summed E-state index contributed by atoms with van der Waals surface area (Å²) in [5.41, 5.74) is 1.76. The summed E-state index contributed by atoms with van der Waals surface area (Å²) < 4.78 is 0. The first-order valence-corrected chi connectivity index (χ1v) is 7.57. The van der Waals surface area contributed by atoms with E-state index in [2.05, 4.69) is 30.0 Å². The van der Waals surface area contributed by atoms with Crippen LogP contribution < -0.4 is 0 Å². The summed E-state index contributed by atoms with van der Waals surface area (Å²) in [4.78, 5) is 0. The van der Waals surface area contributed by atoms with Crippen molar-refractivity contribution in [1.82, 2.24) is 0 Å². The molecule has 1 heterocycles. The summed E-state index contributed by atoms with van der Waals surface area (Å²) in [7, 11) is 4.07. The van der Waals surface area contributed by atoms with Crippen LogP contribution in [0.15, 0.2) is 11.0 Å². The lowest BCUT2D eigenvalue weighted by Crippen LogP contribution is -2.27. The second kappa shape index (κ2) is 4.31. The first kappa shape index (κ1) is 9.97. The monoisotopic (exact) mass is 214 g/mol. The van der Waals surface area contributed by atoms with Gasteiger partial charge in [-0.3, -0.25) is 0 Å². The van der Waals surface area contributed by atoms with Gasteiger partial charge in [0.25, 0.3) is 0 Å². The molecule has 1 fully saturated rings. The quantitative estimate of drug-likeness (QED) is 0.590. The van der Waals surface area contributed by atoms with E-state index in [-0.39, 0.29) is 0 Å². The van der Waals surface area contributed by atoms with Gasteiger partial charge in [0.05, 0.1) is 0 Å². The van der Waals surface area contributed by atoms with Crippen molar-refractivity contribution in [1.29, 1.82) is 0 Å². The molecule has 2 heteroatoms. The van der Waals surface area contributed by atoms with E-state index in [0.29, 0.717) is 0 Å². The molecule has 0 aromatic carbocycles. The van der Waals surface area contributed by atoms with Crippen molar-refractivity contribution in [3.63, 3.8) is 0 Å². The molecular formula is C11H18S2. The van der Waals surface area contributed by atoms with Crippen LogP contribution in [0.2, 0.25) is 0 Å². The number of rotatable bonds is 1. The summed E-state index contributed by atoms with van der Waals surface area (Å²) in [6, 6.07) is 0. The summed E-state index contributed by atoms with van der Waals surface area (Å²) in [5, 5.41) is 3.30. The maximum atomic E-state index is 2.42. The summed E-state index contributed by atoms with van der Waals surface area (Å²) in [5.74, 6) is 1.75. The van der Waals surface area contributed by atoms with Gasteiger partial charge in [-0.1, -0.05) is 47.4 Å². The van der Waals surface area contributed by atoms with E-state index in [4.69, 9.17) is 0 Å². The molecule has 2 rings (SSSR count). The number of hydrogen-bond donors (Lipinski definition) is 0. The lowest BCUT2D eigenvalue weighted by Gasteiger charge is -2.36. The average molecular weight is 214 g/mol. The standard InChI is InChI=1S/C11H18S2/c1-8(2)11-10-6-4-3-5-9(10)7-12-13-11/h7-8,10-11H,3-6H2,1-2H3. The van der Waals surface area contributed by atoms with Gasteiger partial charge in [-0.15, -0.1) is 0 Å². The normalized spacial score (nSPS) is 34.2. The van der Waals surface area contributed by atoms with E-state index in [9.17, 15) is 0 Å². The second-order valence-electron chi connectivity index (χ2n) is 4.45. The van der Waals surface area contributed by atoms with Crippen LogP contribution in [-0.4, -0.2) is 5.25 Å². The first-order chi connectivity index (χ1) is 6.29. The van der Waals surface area contributed by atoms with Gasteiger partial charge in [0.1, 0.15) is 0 Å². The maximum absolute atomic E-state index is 2.42. The molecule has 0 N–H and O–H groups in total. The summed E-state index contributed by atoms with van der Waals surface area (Å²) in [6.45, 7) is 4.74. The molecule has 74 valence electrons. The number of fused-ring (bicyclic) bond motifs is 1. The Balaban J connectivity index is 2.12. The van der Waals surface area contributed by atoms with Crippen molar-refractivity contribution in [3.05, 3.63) is 11.0 Å². The third-order valence-electron chi connectivity index (χ3n) is 3.13. The third kappa shape index (κ3) is 2.10. The SMILES string of the molecule is CC(C)C1SSC=C2CCCCC21. The van der Waals surface area contributed by atoms with Gasteiger partial charge in [0.15, 0.2) is 0 Å². The minimum Gasteiger partial charge on any atom is -0.0852 e. The van der Waals surface area contributed by atoms with Crippen LogP contribution in [0.25, 0.3) is 0 Å². The Morgan fingerprint density at radius 1 is 1.38 bits per heavy atom. The van der Waals surface area contributed by atoms with Crippen LogP contribution in [-0.2, 0) is 0 Å². The lowest BCUT2D eigenvalue weighted by molar-refractivity contribution is 0.393.